The summed E-state index contributed by atoms with van der Waals surface area (Å²) in [5, 5.41) is 21.1. The standard InChI is InChI=1S/C35H41N11O2S/c1-4-7-26-28(23(16-36)32(38)49-26)21-9-5-10-22-29(43-48-30(21)22)33-41-34(45-14-15-47-25-11-12-39-31(37)27(25)19(45)2)24-17-40-46(35(24)42-33)18-20-8-6-13-44(20)3/h11-12,17,19-21H,4-10,13-15,18,38H2,1-3H3,(H2,37,39). The van der Waals surface area contributed by atoms with E-state index in [1.165, 1.54) is 17.8 Å². The van der Waals surface area contributed by atoms with Crippen molar-refractivity contribution in [3.63, 3.8) is 0 Å². The lowest BCUT2D eigenvalue weighted by Gasteiger charge is -2.29. The van der Waals surface area contributed by atoms with Gasteiger partial charge < -0.3 is 30.5 Å². The van der Waals surface area contributed by atoms with Crippen molar-refractivity contribution >= 4 is 39.0 Å². The van der Waals surface area contributed by atoms with Crippen LogP contribution in [0.3, 0.4) is 0 Å². The summed E-state index contributed by atoms with van der Waals surface area (Å²) in [6, 6.07) is 4.45. The number of thiophene rings is 1. The van der Waals surface area contributed by atoms with E-state index in [1.807, 2.05) is 16.9 Å². The van der Waals surface area contributed by atoms with Crippen molar-refractivity contribution in [2.45, 2.75) is 83.3 Å². The number of rotatable bonds is 7. The van der Waals surface area contributed by atoms with Crippen molar-refractivity contribution in [1.82, 2.24) is 34.8 Å². The Balaban J connectivity index is 1.27. The maximum Gasteiger partial charge on any atom is 0.186 e. The molecule has 3 unspecified atom stereocenters. The van der Waals surface area contributed by atoms with E-state index in [4.69, 9.17) is 35.8 Å². The van der Waals surface area contributed by atoms with Gasteiger partial charge in [-0.2, -0.15) is 10.4 Å². The smallest absolute Gasteiger partial charge is 0.186 e. The molecule has 13 nitrogen and oxygen atoms in total. The molecule has 14 heteroatoms. The van der Waals surface area contributed by atoms with E-state index in [9.17, 15) is 5.26 Å². The van der Waals surface area contributed by atoms with E-state index in [0.29, 0.717) is 47.1 Å². The van der Waals surface area contributed by atoms with Gasteiger partial charge in [0.1, 0.15) is 40.8 Å². The zero-order valence-electron chi connectivity index (χ0n) is 28.1. The number of hydrogen-bond acceptors (Lipinski definition) is 13. The van der Waals surface area contributed by atoms with Gasteiger partial charge in [0.15, 0.2) is 17.2 Å². The topological polar surface area (TPSA) is 174 Å². The third kappa shape index (κ3) is 5.27. The second-order valence-corrected chi connectivity index (χ2v) is 14.5. The Morgan fingerprint density at radius 3 is 2.82 bits per heavy atom. The minimum absolute atomic E-state index is 0.101. The van der Waals surface area contributed by atoms with Gasteiger partial charge in [0.25, 0.3) is 0 Å². The lowest BCUT2D eigenvalue weighted by molar-refractivity contribution is 0.276. The number of likely N-dealkylation sites (N-methyl/N-ethyl adjacent to an activating group) is 1. The first kappa shape index (κ1) is 31.5. The molecule has 2 aliphatic heterocycles. The molecule has 3 aliphatic rings. The Hall–Kier alpha value is -4.74. The maximum absolute atomic E-state index is 10.1. The van der Waals surface area contributed by atoms with Crippen LogP contribution in [0.15, 0.2) is 23.0 Å². The fourth-order valence-electron chi connectivity index (χ4n) is 8.03. The van der Waals surface area contributed by atoms with Crippen LogP contribution in [0, 0.1) is 11.3 Å². The summed E-state index contributed by atoms with van der Waals surface area (Å²) in [5.41, 5.74) is 17.6. The van der Waals surface area contributed by atoms with Crippen LogP contribution >= 0.6 is 11.3 Å². The molecular formula is C35H41N11O2S. The summed E-state index contributed by atoms with van der Waals surface area (Å²) in [7, 11) is 2.17. The number of aryl methyl sites for hydroxylation is 1. The van der Waals surface area contributed by atoms with Crippen LogP contribution in [0.2, 0.25) is 0 Å². The highest BCUT2D eigenvalue weighted by atomic mass is 32.1. The Labute approximate surface area is 288 Å². The third-order valence-electron chi connectivity index (χ3n) is 10.5. The molecule has 7 heterocycles. The zero-order chi connectivity index (χ0) is 33.8. The zero-order valence-corrected chi connectivity index (χ0v) is 29.0. The van der Waals surface area contributed by atoms with Crippen molar-refractivity contribution in [3.05, 3.63) is 51.4 Å². The molecule has 1 saturated heterocycles. The Morgan fingerprint density at radius 1 is 1.14 bits per heavy atom. The number of likely N-dealkylation sites (tertiary alicyclic amines) is 1. The molecule has 5 aromatic rings. The molecule has 1 fully saturated rings. The summed E-state index contributed by atoms with van der Waals surface area (Å²) in [4.78, 5) is 20.6. The van der Waals surface area contributed by atoms with Crippen LogP contribution in [-0.4, -0.2) is 67.6 Å². The van der Waals surface area contributed by atoms with Gasteiger partial charge in [0.05, 0.1) is 41.8 Å². The van der Waals surface area contributed by atoms with Crippen molar-refractivity contribution in [1.29, 1.82) is 5.26 Å². The number of nitrogens with two attached hydrogens (primary N) is 2. The van der Waals surface area contributed by atoms with E-state index in [0.717, 1.165) is 102 Å². The third-order valence-corrected chi connectivity index (χ3v) is 11.6. The number of ether oxygens (including phenoxy) is 1. The van der Waals surface area contributed by atoms with Crippen molar-refractivity contribution < 1.29 is 9.26 Å². The fourth-order valence-corrected chi connectivity index (χ4v) is 9.21. The molecule has 49 heavy (non-hydrogen) atoms. The minimum Gasteiger partial charge on any atom is -0.491 e. The van der Waals surface area contributed by atoms with Gasteiger partial charge in [-0.1, -0.05) is 18.5 Å². The van der Waals surface area contributed by atoms with E-state index < -0.39 is 0 Å². The quantitative estimate of drug-likeness (QED) is 0.223. The monoisotopic (exact) mass is 679 g/mol. The highest BCUT2D eigenvalue weighted by Gasteiger charge is 2.36. The number of nitrogen functional groups attached to an aromatic ring is 2. The molecule has 3 atom stereocenters. The minimum atomic E-state index is -0.178. The first-order valence-electron chi connectivity index (χ1n) is 17.2. The van der Waals surface area contributed by atoms with Crippen molar-refractivity contribution in [2.75, 3.05) is 43.1 Å². The predicted octanol–water partition coefficient (Wildman–Crippen LogP) is 5.45. The fraction of sp³-hybridized carbons (Fsp3) is 0.486. The van der Waals surface area contributed by atoms with Gasteiger partial charge in [-0.15, -0.1) is 11.3 Å². The Kier molecular flexibility index (Phi) is 8.12. The number of anilines is 3. The van der Waals surface area contributed by atoms with Crippen LogP contribution in [-0.2, 0) is 19.4 Å². The number of fused-ring (bicyclic) bond motifs is 3. The molecule has 0 amide bonds. The molecule has 0 radical (unpaired) electrons. The Bertz CT molecular complexity index is 2080. The average Bonchev–Trinajstić information content (AvgIpc) is 3.86. The molecule has 0 spiro atoms. The van der Waals surface area contributed by atoms with Crippen molar-refractivity contribution in [3.8, 4) is 23.3 Å². The summed E-state index contributed by atoms with van der Waals surface area (Å²) in [6.45, 7) is 7.08. The SMILES string of the molecule is CCCc1sc(N)c(C#N)c1C1CCCc2c(-c3nc(N4CCOc5ccnc(N)c5C4C)c4cnn(CC5CCCN5C)c4n3)noc21. The van der Waals surface area contributed by atoms with Gasteiger partial charge in [0, 0.05) is 28.6 Å². The second kappa shape index (κ2) is 12.6. The number of nitriles is 1. The van der Waals surface area contributed by atoms with Crippen molar-refractivity contribution in [2.24, 2.45) is 0 Å². The van der Waals surface area contributed by atoms with Gasteiger partial charge in [-0.25, -0.2) is 19.6 Å². The lowest BCUT2D eigenvalue weighted by atomic mass is 9.81. The molecule has 0 saturated carbocycles. The van der Waals surface area contributed by atoms with Gasteiger partial charge in [0.2, 0.25) is 0 Å². The van der Waals surface area contributed by atoms with Crippen LogP contribution in [0.25, 0.3) is 22.6 Å². The highest BCUT2D eigenvalue weighted by Crippen LogP contribution is 2.47. The van der Waals surface area contributed by atoms with E-state index in [2.05, 4.69) is 46.9 Å². The average molecular weight is 680 g/mol. The molecule has 254 valence electrons. The van der Waals surface area contributed by atoms with E-state index >= 15 is 0 Å². The maximum atomic E-state index is 10.1. The molecule has 0 bridgehead atoms. The largest absolute Gasteiger partial charge is 0.491 e. The van der Waals surface area contributed by atoms with E-state index in [-0.39, 0.29) is 12.0 Å². The summed E-state index contributed by atoms with van der Waals surface area (Å²) in [5.74, 6) is 3.08. The number of hydrogen-bond donors (Lipinski definition) is 2. The predicted molar refractivity (Wildman–Crippen MR) is 189 cm³/mol. The summed E-state index contributed by atoms with van der Waals surface area (Å²) >= 11 is 1.52. The van der Waals surface area contributed by atoms with E-state index in [1.54, 1.807) is 6.20 Å². The van der Waals surface area contributed by atoms with Gasteiger partial charge in [-0.3, -0.25) is 0 Å². The van der Waals surface area contributed by atoms with Crippen LogP contribution in [0.4, 0.5) is 16.6 Å². The summed E-state index contributed by atoms with van der Waals surface area (Å²) < 4.78 is 14.4. The number of pyridine rings is 1. The van der Waals surface area contributed by atoms with Gasteiger partial charge >= 0.3 is 0 Å². The number of aromatic nitrogens is 6. The molecule has 5 aromatic heterocycles. The van der Waals surface area contributed by atoms with Crippen LogP contribution in [0.1, 0.15) is 90.8 Å². The molecule has 0 aromatic carbocycles. The first-order chi connectivity index (χ1) is 23.9. The second-order valence-electron chi connectivity index (χ2n) is 13.4. The van der Waals surface area contributed by atoms with Crippen LogP contribution < -0.4 is 21.1 Å². The molecule has 8 rings (SSSR count). The molecule has 4 N–H and O–H groups in total. The summed E-state index contributed by atoms with van der Waals surface area (Å²) in [6.07, 6.45) is 10.2. The van der Waals surface area contributed by atoms with Crippen LogP contribution in [0.5, 0.6) is 5.75 Å². The van der Waals surface area contributed by atoms with Gasteiger partial charge in [-0.05, 0) is 70.7 Å². The first-order valence-corrected chi connectivity index (χ1v) is 18.1. The highest BCUT2D eigenvalue weighted by molar-refractivity contribution is 7.16. The molecular weight excluding hydrogens is 639 g/mol. The molecule has 1 aliphatic carbocycles. The number of nitrogens with zero attached hydrogens (tertiary/aromatic N) is 9. The Morgan fingerprint density at radius 2 is 2.02 bits per heavy atom. The normalized spacial score (nSPS) is 20.9. The lowest BCUT2D eigenvalue weighted by Crippen LogP contribution is -2.31.